The van der Waals surface area contributed by atoms with Crippen molar-refractivity contribution in [3.05, 3.63) is 61.7 Å². The number of hydrogen-bond donors (Lipinski definition) is 2. The number of halogens is 2. The average molecular weight is 410 g/mol. The smallest absolute Gasteiger partial charge is 0.308 e. The summed E-state index contributed by atoms with van der Waals surface area (Å²) in [6.45, 7) is 0.504. The molecule has 2 N–H and O–H groups in total. The van der Waals surface area contributed by atoms with Crippen LogP contribution in [0.5, 0.6) is 0 Å². The first kappa shape index (κ1) is 19.4. The van der Waals surface area contributed by atoms with Gasteiger partial charge in [-0.2, -0.15) is 0 Å². The standard InChI is InChI=1S/C18H17Cl2N3O4/c19-13-4-1-5-14(20)11(13)7-15-21-8-12(16(24)22-15)17(25)23-6-2-3-10(9-23)18(26)27/h1,4-5,8,10H,2-3,6-7,9H2,(H,26,27)(H,21,22,24). The molecule has 2 heterocycles. The molecule has 7 nitrogen and oxygen atoms in total. The van der Waals surface area contributed by atoms with Crippen molar-refractivity contribution < 1.29 is 14.7 Å². The van der Waals surface area contributed by atoms with Gasteiger partial charge in [0.25, 0.3) is 11.5 Å². The third kappa shape index (κ3) is 4.31. The normalized spacial score (nSPS) is 17.0. The lowest BCUT2D eigenvalue weighted by molar-refractivity contribution is -0.143. The molecule has 0 spiro atoms. The van der Waals surface area contributed by atoms with Gasteiger partial charge in [-0.25, -0.2) is 4.98 Å². The lowest BCUT2D eigenvalue weighted by Gasteiger charge is -2.30. The van der Waals surface area contributed by atoms with Crippen molar-refractivity contribution in [3.63, 3.8) is 0 Å². The highest BCUT2D eigenvalue weighted by Gasteiger charge is 2.29. The van der Waals surface area contributed by atoms with Gasteiger partial charge in [-0.3, -0.25) is 14.4 Å². The van der Waals surface area contributed by atoms with Crippen LogP contribution in [0.15, 0.2) is 29.2 Å². The van der Waals surface area contributed by atoms with E-state index in [1.807, 2.05) is 0 Å². The summed E-state index contributed by atoms with van der Waals surface area (Å²) in [6.07, 6.45) is 2.53. The van der Waals surface area contributed by atoms with Crippen molar-refractivity contribution in [1.29, 1.82) is 0 Å². The second-order valence-electron chi connectivity index (χ2n) is 6.38. The van der Waals surface area contributed by atoms with Crippen LogP contribution < -0.4 is 5.56 Å². The van der Waals surface area contributed by atoms with E-state index in [4.69, 9.17) is 28.3 Å². The number of aliphatic carboxylic acids is 1. The fraction of sp³-hybridized carbons (Fsp3) is 0.333. The second-order valence-corrected chi connectivity index (χ2v) is 7.19. The number of carbonyl (C=O) groups is 2. The van der Waals surface area contributed by atoms with Crippen LogP contribution in [0.25, 0.3) is 0 Å². The molecule has 0 saturated carbocycles. The van der Waals surface area contributed by atoms with E-state index in [-0.39, 0.29) is 18.5 Å². The minimum absolute atomic E-state index is 0.0879. The monoisotopic (exact) mass is 409 g/mol. The number of benzene rings is 1. The van der Waals surface area contributed by atoms with E-state index in [2.05, 4.69) is 9.97 Å². The fourth-order valence-electron chi connectivity index (χ4n) is 3.08. The lowest BCUT2D eigenvalue weighted by atomic mass is 9.98. The molecule has 1 atom stereocenters. The van der Waals surface area contributed by atoms with Gasteiger partial charge in [0, 0.05) is 35.8 Å². The molecule has 1 saturated heterocycles. The van der Waals surface area contributed by atoms with Crippen LogP contribution in [0.3, 0.4) is 0 Å². The summed E-state index contributed by atoms with van der Waals surface area (Å²) in [5.41, 5.74) is -0.0657. The number of aromatic amines is 1. The zero-order valence-electron chi connectivity index (χ0n) is 14.2. The van der Waals surface area contributed by atoms with Crippen LogP contribution in [0.2, 0.25) is 10.0 Å². The molecule has 1 aromatic heterocycles. The molecule has 0 bridgehead atoms. The average Bonchev–Trinajstić information content (AvgIpc) is 2.64. The van der Waals surface area contributed by atoms with Gasteiger partial charge in [0.1, 0.15) is 11.4 Å². The Bertz CT molecular complexity index is 924. The zero-order valence-corrected chi connectivity index (χ0v) is 15.8. The molecule has 1 aromatic carbocycles. The number of amides is 1. The SMILES string of the molecule is O=C(O)C1CCCN(C(=O)c2cnc(Cc3c(Cl)cccc3Cl)[nH]c2=O)C1. The van der Waals surface area contributed by atoms with Gasteiger partial charge in [0.15, 0.2) is 0 Å². The Morgan fingerprint density at radius 1 is 1.30 bits per heavy atom. The minimum atomic E-state index is -0.938. The maximum atomic E-state index is 12.6. The Labute approximate surface area is 164 Å². The van der Waals surface area contributed by atoms with Crippen LogP contribution in [-0.4, -0.2) is 44.9 Å². The third-order valence-electron chi connectivity index (χ3n) is 4.55. The van der Waals surface area contributed by atoms with Crippen molar-refractivity contribution >= 4 is 35.1 Å². The number of nitrogens with one attached hydrogen (secondary N) is 1. The number of rotatable bonds is 4. The number of likely N-dealkylation sites (tertiary alicyclic amines) is 1. The Kier molecular flexibility index (Phi) is 5.82. The van der Waals surface area contributed by atoms with Gasteiger partial charge < -0.3 is 15.0 Å². The first-order chi connectivity index (χ1) is 12.9. The van der Waals surface area contributed by atoms with Gasteiger partial charge in [-0.05, 0) is 30.5 Å². The number of aromatic nitrogens is 2. The van der Waals surface area contributed by atoms with E-state index in [0.717, 1.165) is 0 Å². The number of H-pyrrole nitrogens is 1. The summed E-state index contributed by atoms with van der Waals surface area (Å²) >= 11 is 12.3. The molecular weight excluding hydrogens is 393 g/mol. The van der Waals surface area contributed by atoms with Crippen LogP contribution in [-0.2, 0) is 11.2 Å². The number of carbonyl (C=O) groups excluding carboxylic acids is 1. The quantitative estimate of drug-likeness (QED) is 0.807. The molecular formula is C18H17Cl2N3O4. The highest BCUT2D eigenvalue weighted by atomic mass is 35.5. The Morgan fingerprint density at radius 2 is 2.00 bits per heavy atom. The predicted molar refractivity (Wildman–Crippen MR) is 100 cm³/mol. The van der Waals surface area contributed by atoms with Gasteiger partial charge >= 0.3 is 5.97 Å². The Morgan fingerprint density at radius 3 is 2.63 bits per heavy atom. The van der Waals surface area contributed by atoms with E-state index in [1.54, 1.807) is 18.2 Å². The highest BCUT2D eigenvalue weighted by Crippen LogP contribution is 2.25. The van der Waals surface area contributed by atoms with Crippen LogP contribution in [0, 0.1) is 5.92 Å². The van der Waals surface area contributed by atoms with Crippen molar-refractivity contribution in [2.45, 2.75) is 19.3 Å². The highest BCUT2D eigenvalue weighted by molar-refractivity contribution is 6.36. The third-order valence-corrected chi connectivity index (χ3v) is 5.25. The van der Waals surface area contributed by atoms with Crippen molar-refractivity contribution in [1.82, 2.24) is 14.9 Å². The topological polar surface area (TPSA) is 103 Å². The lowest BCUT2D eigenvalue weighted by Crippen LogP contribution is -2.44. The van der Waals surface area contributed by atoms with Crippen LogP contribution in [0.4, 0.5) is 0 Å². The summed E-state index contributed by atoms with van der Waals surface area (Å²) in [5, 5.41) is 10.1. The molecule has 1 fully saturated rings. The van der Waals surface area contributed by atoms with Crippen molar-refractivity contribution in [3.8, 4) is 0 Å². The van der Waals surface area contributed by atoms with E-state index in [0.29, 0.717) is 40.8 Å². The van der Waals surface area contributed by atoms with Gasteiger partial charge in [0.2, 0.25) is 0 Å². The maximum Gasteiger partial charge on any atom is 0.308 e. The predicted octanol–water partition coefficient (Wildman–Crippen LogP) is 2.60. The van der Waals surface area contributed by atoms with E-state index in [1.165, 1.54) is 11.1 Å². The molecule has 1 unspecified atom stereocenters. The first-order valence-electron chi connectivity index (χ1n) is 8.40. The van der Waals surface area contributed by atoms with Gasteiger partial charge in [-0.1, -0.05) is 29.3 Å². The maximum absolute atomic E-state index is 12.6. The van der Waals surface area contributed by atoms with E-state index in [9.17, 15) is 14.4 Å². The summed E-state index contributed by atoms with van der Waals surface area (Å²) < 4.78 is 0. The number of carboxylic acid groups (broad SMARTS) is 1. The Balaban J connectivity index is 1.79. The molecule has 2 aromatic rings. The zero-order chi connectivity index (χ0) is 19.6. The second kappa shape index (κ2) is 8.10. The summed E-state index contributed by atoms with van der Waals surface area (Å²) in [6, 6.07) is 5.09. The number of piperidine rings is 1. The summed E-state index contributed by atoms with van der Waals surface area (Å²) in [7, 11) is 0. The summed E-state index contributed by atoms with van der Waals surface area (Å²) in [5.74, 6) is -1.74. The number of hydrogen-bond acceptors (Lipinski definition) is 4. The molecule has 142 valence electrons. The summed E-state index contributed by atoms with van der Waals surface area (Å²) in [4.78, 5) is 44.3. The largest absolute Gasteiger partial charge is 0.481 e. The van der Waals surface area contributed by atoms with E-state index < -0.39 is 23.4 Å². The molecule has 27 heavy (non-hydrogen) atoms. The van der Waals surface area contributed by atoms with E-state index >= 15 is 0 Å². The molecule has 3 rings (SSSR count). The van der Waals surface area contributed by atoms with Crippen molar-refractivity contribution in [2.75, 3.05) is 13.1 Å². The molecule has 9 heteroatoms. The van der Waals surface area contributed by atoms with Gasteiger partial charge in [-0.15, -0.1) is 0 Å². The molecule has 1 amide bonds. The van der Waals surface area contributed by atoms with Crippen molar-refractivity contribution in [2.24, 2.45) is 5.92 Å². The molecule has 1 aliphatic heterocycles. The Hall–Kier alpha value is -2.38. The van der Waals surface area contributed by atoms with Crippen LogP contribution >= 0.6 is 23.2 Å². The fourth-order valence-corrected chi connectivity index (χ4v) is 3.61. The molecule has 0 radical (unpaired) electrons. The molecule has 1 aliphatic rings. The minimum Gasteiger partial charge on any atom is -0.481 e. The number of carboxylic acids is 1. The first-order valence-corrected chi connectivity index (χ1v) is 9.15. The molecule has 0 aliphatic carbocycles. The van der Waals surface area contributed by atoms with Crippen LogP contribution in [0.1, 0.15) is 34.6 Å². The number of nitrogens with zero attached hydrogens (tertiary/aromatic N) is 2. The van der Waals surface area contributed by atoms with Gasteiger partial charge in [0.05, 0.1) is 5.92 Å².